The topological polar surface area (TPSA) is 45.7 Å². The van der Waals surface area contributed by atoms with Crippen molar-refractivity contribution < 1.29 is 10.1 Å². The Hall–Kier alpha value is -0.780. The van der Waals surface area contributed by atoms with E-state index in [2.05, 4.69) is 21.2 Å². The standard InChI is InChI=1S/C16H14BrCl3N2O/c17-13-8-6-12(7-9-13)14(23)22-15(16(18,19)20)21-10-11-4-2-1-3-5-11/h1-9,15,21H,10H2,(H,22,23)/p+1. The number of hydrogen-bond donors (Lipinski definition) is 2. The predicted molar refractivity (Wildman–Crippen MR) is 97.8 cm³/mol. The van der Waals surface area contributed by atoms with Crippen LogP contribution in [0, 0.1) is 0 Å². The highest BCUT2D eigenvalue weighted by Gasteiger charge is 2.37. The maximum Gasteiger partial charge on any atom is 0.262 e. The minimum absolute atomic E-state index is 0.293. The van der Waals surface area contributed by atoms with Gasteiger partial charge in [-0.2, -0.15) is 0 Å². The Morgan fingerprint density at radius 2 is 1.70 bits per heavy atom. The molecule has 122 valence electrons. The minimum atomic E-state index is -1.63. The zero-order chi connectivity index (χ0) is 16.9. The van der Waals surface area contributed by atoms with Gasteiger partial charge in [-0.25, -0.2) is 0 Å². The third-order valence-electron chi connectivity index (χ3n) is 3.18. The highest BCUT2D eigenvalue weighted by molar-refractivity contribution is 9.10. The summed E-state index contributed by atoms with van der Waals surface area (Å²) < 4.78 is -0.734. The van der Waals surface area contributed by atoms with Crippen LogP contribution in [0.1, 0.15) is 15.9 Å². The van der Waals surface area contributed by atoms with Crippen LogP contribution in [0.5, 0.6) is 0 Å². The van der Waals surface area contributed by atoms with E-state index in [1.165, 1.54) is 0 Å². The second-order valence-electron chi connectivity index (χ2n) is 4.93. The zero-order valence-electron chi connectivity index (χ0n) is 12.0. The van der Waals surface area contributed by atoms with E-state index in [0.717, 1.165) is 10.0 Å². The van der Waals surface area contributed by atoms with Crippen LogP contribution in [0.3, 0.4) is 0 Å². The van der Waals surface area contributed by atoms with E-state index in [4.69, 9.17) is 34.8 Å². The van der Waals surface area contributed by atoms with Crippen molar-refractivity contribution in [3.05, 3.63) is 70.2 Å². The molecule has 23 heavy (non-hydrogen) atoms. The number of hydrogen-bond acceptors (Lipinski definition) is 1. The number of nitrogens with two attached hydrogens (primary N) is 1. The third kappa shape index (κ3) is 5.98. The number of benzene rings is 2. The SMILES string of the molecule is O=C(NC([NH2+]Cc1ccccc1)C(Cl)(Cl)Cl)c1ccc(Br)cc1. The van der Waals surface area contributed by atoms with Gasteiger partial charge in [-0.15, -0.1) is 0 Å². The highest BCUT2D eigenvalue weighted by Crippen LogP contribution is 2.27. The Labute approximate surface area is 158 Å². The number of alkyl halides is 3. The Balaban J connectivity index is 2.04. The maximum absolute atomic E-state index is 12.3. The molecule has 1 unspecified atom stereocenters. The normalized spacial score (nSPS) is 12.7. The lowest BCUT2D eigenvalue weighted by atomic mass is 10.2. The molecule has 7 heteroatoms. The van der Waals surface area contributed by atoms with Crippen LogP contribution in [-0.4, -0.2) is 15.9 Å². The molecule has 3 nitrogen and oxygen atoms in total. The summed E-state index contributed by atoms with van der Waals surface area (Å²) in [6.45, 7) is 0.583. The summed E-state index contributed by atoms with van der Waals surface area (Å²) in [6, 6.07) is 16.7. The van der Waals surface area contributed by atoms with Crippen molar-refractivity contribution in [1.82, 2.24) is 5.32 Å². The number of quaternary nitrogens is 1. The van der Waals surface area contributed by atoms with E-state index in [0.29, 0.717) is 12.1 Å². The summed E-state index contributed by atoms with van der Waals surface area (Å²) in [7, 11) is 0. The van der Waals surface area contributed by atoms with E-state index < -0.39 is 9.96 Å². The molecule has 2 aromatic rings. The fourth-order valence-corrected chi connectivity index (χ4v) is 2.66. The first-order valence-electron chi connectivity index (χ1n) is 6.86. The quantitative estimate of drug-likeness (QED) is 0.545. The minimum Gasteiger partial charge on any atom is -0.319 e. The predicted octanol–water partition coefficient (Wildman–Crippen LogP) is 3.64. The van der Waals surface area contributed by atoms with Gasteiger partial charge in [-0.3, -0.25) is 10.1 Å². The van der Waals surface area contributed by atoms with Gasteiger partial charge in [0.15, 0.2) is 0 Å². The monoisotopic (exact) mass is 435 g/mol. The van der Waals surface area contributed by atoms with Gasteiger partial charge in [0.1, 0.15) is 6.54 Å². The first-order chi connectivity index (χ1) is 10.9. The summed E-state index contributed by atoms with van der Waals surface area (Å²) >= 11 is 21.3. The molecule has 1 amide bonds. The lowest BCUT2D eigenvalue weighted by molar-refractivity contribution is -0.706. The van der Waals surface area contributed by atoms with Crippen LogP contribution in [0.4, 0.5) is 0 Å². The molecule has 0 aliphatic heterocycles. The zero-order valence-corrected chi connectivity index (χ0v) is 15.8. The van der Waals surface area contributed by atoms with Gasteiger partial charge in [0.05, 0.1) is 0 Å². The Morgan fingerprint density at radius 1 is 1.09 bits per heavy atom. The number of carbonyl (C=O) groups is 1. The van der Waals surface area contributed by atoms with Gasteiger partial charge >= 0.3 is 0 Å². The second kappa shape index (κ2) is 8.36. The average Bonchev–Trinajstić information content (AvgIpc) is 2.51. The smallest absolute Gasteiger partial charge is 0.262 e. The molecule has 1 atom stereocenters. The molecule has 3 N–H and O–H groups in total. The van der Waals surface area contributed by atoms with Crippen molar-refractivity contribution in [3.8, 4) is 0 Å². The lowest BCUT2D eigenvalue weighted by Crippen LogP contribution is -2.95. The molecule has 0 radical (unpaired) electrons. The molecule has 2 aromatic carbocycles. The third-order valence-corrected chi connectivity index (χ3v) is 4.41. The molecule has 0 fully saturated rings. The van der Waals surface area contributed by atoms with Gasteiger partial charge in [0.25, 0.3) is 9.70 Å². The average molecular weight is 438 g/mol. The molecule has 0 heterocycles. The van der Waals surface area contributed by atoms with E-state index >= 15 is 0 Å². The van der Waals surface area contributed by atoms with Crippen molar-refractivity contribution in [2.45, 2.75) is 16.5 Å². The molecule has 2 rings (SSSR count). The van der Waals surface area contributed by atoms with Gasteiger partial charge in [-0.1, -0.05) is 81.1 Å². The Morgan fingerprint density at radius 3 is 2.26 bits per heavy atom. The van der Waals surface area contributed by atoms with Gasteiger partial charge in [0.2, 0.25) is 6.17 Å². The van der Waals surface area contributed by atoms with Gasteiger partial charge < -0.3 is 5.32 Å². The van der Waals surface area contributed by atoms with Crippen molar-refractivity contribution >= 4 is 56.6 Å². The summed E-state index contributed by atoms with van der Waals surface area (Å²) in [5.74, 6) is -0.293. The fraction of sp³-hybridized carbons (Fsp3) is 0.188. The Bertz CT molecular complexity index is 645. The molecule has 0 spiro atoms. The van der Waals surface area contributed by atoms with Crippen LogP contribution >= 0.6 is 50.7 Å². The van der Waals surface area contributed by atoms with Crippen molar-refractivity contribution in [2.24, 2.45) is 0 Å². The molecular weight excluding hydrogens is 422 g/mol. The number of rotatable bonds is 5. The summed E-state index contributed by atoms with van der Waals surface area (Å²) in [5, 5.41) is 4.55. The molecular formula is C16H15BrCl3N2O+. The van der Waals surface area contributed by atoms with E-state index in [-0.39, 0.29) is 5.91 Å². The molecule has 0 aliphatic rings. The second-order valence-corrected chi connectivity index (χ2v) is 8.21. The summed E-state index contributed by atoms with van der Waals surface area (Å²) in [6.07, 6.45) is -0.705. The maximum atomic E-state index is 12.3. The molecule has 0 aliphatic carbocycles. The van der Waals surface area contributed by atoms with Crippen molar-refractivity contribution in [1.29, 1.82) is 0 Å². The fourth-order valence-electron chi connectivity index (χ4n) is 1.97. The molecule has 0 saturated heterocycles. The first kappa shape index (κ1) is 18.6. The van der Waals surface area contributed by atoms with Crippen molar-refractivity contribution in [2.75, 3.05) is 0 Å². The van der Waals surface area contributed by atoms with Gasteiger partial charge in [-0.05, 0) is 24.3 Å². The number of carbonyl (C=O) groups excluding carboxylic acids is 1. The first-order valence-corrected chi connectivity index (χ1v) is 8.79. The number of halogens is 4. The van der Waals surface area contributed by atoms with E-state index in [1.54, 1.807) is 29.6 Å². The summed E-state index contributed by atoms with van der Waals surface area (Å²) in [5.41, 5.74) is 1.57. The van der Waals surface area contributed by atoms with Crippen LogP contribution in [0.15, 0.2) is 59.1 Å². The van der Waals surface area contributed by atoms with E-state index in [1.807, 2.05) is 30.3 Å². The van der Waals surface area contributed by atoms with Crippen LogP contribution < -0.4 is 10.6 Å². The highest BCUT2D eigenvalue weighted by atomic mass is 79.9. The van der Waals surface area contributed by atoms with Crippen molar-refractivity contribution in [3.63, 3.8) is 0 Å². The van der Waals surface area contributed by atoms with Gasteiger partial charge in [0, 0.05) is 15.6 Å². The number of nitrogens with one attached hydrogen (secondary N) is 1. The number of amides is 1. The van der Waals surface area contributed by atoms with Crippen LogP contribution in [-0.2, 0) is 6.54 Å². The molecule has 0 saturated carbocycles. The summed E-state index contributed by atoms with van der Waals surface area (Å²) in [4.78, 5) is 12.3. The largest absolute Gasteiger partial charge is 0.319 e. The van der Waals surface area contributed by atoms with Crippen LogP contribution in [0.2, 0.25) is 0 Å². The van der Waals surface area contributed by atoms with E-state index in [9.17, 15) is 4.79 Å². The lowest BCUT2D eigenvalue weighted by Gasteiger charge is -2.23. The molecule has 0 bridgehead atoms. The molecule has 0 aromatic heterocycles. The van der Waals surface area contributed by atoms with Crippen LogP contribution in [0.25, 0.3) is 0 Å². The Kier molecular flexibility index (Phi) is 6.74.